The van der Waals surface area contributed by atoms with Crippen LogP contribution in [0.4, 0.5) is 14.9 Å². The Morgan fingerprint density at radius 2 is 2.10 bits per heavy atom. The Bertz CT molecular complexity index is 522. The molecule has 0 saturated carbocycles. The molecule has 2 amide bonds. The number of anilines is 1. The third-order valence-electron chi connectivity index (χ3n) is 3.19. The first-order valence-corrected chi connectivity index (χ1v) is 6.52. The summed E-state index contributed by atoms with van der Waals surface area (Å²) in [6, 6.07) is 2.06. The molecule has 1 aromatic rings. The minimum atomic E-state index is -1.13. The number of urea groups is 1. The van der Waals surface area contributed by atoms with Gasteiger partial charge in [-0.05, 0) is 18.1 Å². The largest absolute Gasteiger partial charge is 0.497 e. The first kappa shape index (κ1) is 16.7. The monoisotopic (exact) mass is 298 g/mol. The average molecular weight is 298 g/mol. The summed E-state index contributed by atoms with van der Waals surface area (Å²) in [5, 5.41) is 13.7. The van der Waals surface area contributed by atoms with Crippen LogP contribution in [0.3, 0.4) is 0 Å². The summed E-state index contributed by atoms with van der Waals surface area (Å²) in [6.45, 7) is 3.53. The maximum Gasteiger partial charge on any atom is 0.326 e. The van der Waals surface area contributed by atoms with Gasteiger partial charge in [0.25, 0.3) is 0 Å². The lowest BCUT2D eigenvalue weighted by atomic mass is 9.99. The lowest BCUT2D eigenvalue weighted by molar-refractivity contribution is -0.140. The van der Waals surface area contributed by atoms with Gasteiger partial charge >= 0.3 is 12.0 Å². The summed E-state index contributed by atoms with van der Waals surface area (Å²) in [5.74, 6) is -1.64. The number of ether oxygens (including phenoxy) is 1. The Morgan fingerprint density at radius 1 is 1.43 bits per heavy atom. The molecule has 0 saturated heterocycles. The van der Waals surface area contributed by atoms with Crippen LogP contribution in [0.2, 0.25) is 0 Å². The second-order valence-corrected chi connectivity index (χ2v) is 4.65. The van der Waals surface area contributed by atoms with E-state index in [0.29, 0.717) is 12.2 Å². The number of hydrogen-bond acceptors (Lipinski definition) is 3. The van der Waals surface area contributed by atoms with Crippen LogP contribution in [-0.2, 0) is 4.79 Å². The molecule has 0 aromatic heterocycles. The van der Waals surface area contributed by atoms with Crippen molar-refractivity contribution in [2.45, 2.75) is 26.3 Å². The quantitative estimate of drug-likeness (QED) is 0.752. The van der Waals surface area contributed by atoms with Crippen LogP contribution < -0.4 is 15.4 Å². The van der Waals surface area contributed by atoms with E-state index in [1.807, 2.05) is 6.92 Å². The van der Waals surface area contributed by atoms with Gasteiger partial charge in [-0.3, -0.25) is 0 Å². The molecule has 1 aromatic carbocycles. The van der Waals surface area contributed by atoms with Gasteiger partial charge in [-0.2, -0.15) is 0 Å². The SMILES string of the molecule is CCC(C)C(NC(=O)Nc1cc(OC)ccc1F)C(=O)O. The standard InChI is InChI=1S/C14H19FN2O4/c1-4-8(2)12(13(18)19)17-14(20)16-11-7-9(21-3)5-6-10(11)15/h5-8,12H,4H2,1-3H3,(H,18,19)(H2,16,17,20). The Kier molecular flexibility index (Phi) is 5.95. The van der Waals surface area contributed by atoms with Crippen LogP contribution in [0.1, 0.15) is 20.3 Å². The lowest BCUT2D eigenvalue weighted by Crippen LogP contribution is -2.46. The molecule has 3 N–H and O–H groups in total. The summed E-state index contributed by atoms with van der Waals surface area (Å²) in [6.07, 6.45) is 0.588. The van der Waals surface area contributed by atoms with Crippen molar-refractivity contribution in [2.75, 3.05) is 12.4 Å². The minimum absolute atomic E-state index is 0.0832. The number of carbonyl (C=O) groups is 2. The number of carboxylic acids is 1. The van der Waals surface area contributed by atoms with E-state index in [2.05, 4.69) is 10.6 Å². The molecule has 6 nitrogen and oxygen atoms in total. The third kappa shape index (κ3) is 4.62. The van der Waals surface area contributed by atoms with Crippen molar-refractivity contribution in [3.63, 3.8) is 0 Å². The molecule has 0 heterocycles. The number of hydrogen-bond donors (Lipinski definition) is 3. The summed E-state index contributed by atoms with van der Waals surface area (Å²) < 4.78 is 18.5. The average Bonchev–Trinajstić information content (AvgIpc) is 2.46. The first-order valence-electron chi connectivity index (χ1n) is 6.52. The normalized spacial score (nSPS) is 13.1. The summed E-state index contributed by atoms with van der Waals surface area (Å²) in [7, 11) is 1.42. The Morgan fingerprint density at radius 3 is 2.62 bits per heavy atom. The second-order valence-electron chi connectivity index (χ2n) is 4.65. The molecular formula is C14H19FN2O4. The highest BCUT2D eigenvalue weighted by molar-refractivity contribution is 5.92. The second kappa shape index (κ2) is 7.47. The molecule has 0 aliphatic rings. The zero-order valence-electron chi connectivity index (χ0n) is 12.1. The van der Waals surface area contributed by atoms with E-state index >= 15 is 0 Å². The fourth-order valence-electron chi connectivity index (χ4n) is 1.71. The lowest BCUT2D eigenvalue weighted by Gasteiger charge is -2.20. The maximum absolute atomic E-state index is 13.6. The highest BCUT2D eigenvalue weighted by Gasteiger charge is 2.25. The van der Waals surface area contributed by atoms with Crippen LogP contribution in [0.5, 0.6) is 5.75 Å². The van der Waals surface area contributed by atoms with Crippen molar-refractivity contribution in [3.05, 3.63) is 24.0 Å². The molecule has 21 heavy (non-hydrogen) atoms. The zero-order valence-corrected chi connectivity index (χ0v) is 12.1. The van der Waals surface area contributed by atoms with Crippen molar-refractivity contribution < 1.29 is 23.8 Å². The molecule has 116 valence electrons. The van der Waals surface area contributed by atoms with E-state index in [1.165, 1.54) is 19.2 Å². The van der Waals surface area contributed by atoms with Gasteiger partial charge in [0.05, 0.1) is 12.8 Å². The van der Waals surface area contributed by atoms with Gasteiger partial charge in [0, 0.05) is 6.07 Å². The number of carbonyl (C=O) groups excluding carboxylic acids is 1. The predicted molar refractivity (Wildman–Crippen MR) is 76.0 cm³/mol. The van der Waals surface area contributed by atoms with E-state index in [4.69, 9.17) is 9.84 Å². The molecule has 0 aliphatic heterocycles. The van der Waals surface area contributed by atoms with Gasteiger partial charge in [0.1, 0.15) is 17.6 Å². The van der Waals surface area contributed by atoms with Gasteiger partial charge in [0.15, 0.2) is 0 Å². The maximum atomic E-state index is 13.6. The molecule has 0 bridgehead atoms. The molecular weight excluding hydrogens is 279 g/mol. The van der Waals surface area contributed by atoms with Crippen molar-refractivity contribution in [2.24, 2.45) is 5.92 Å². The van der Waals surface area contributed by atoms with E-state index in [1.54, 1.807) is 6.92 Å². The van der Waals surface area contributed by atoms with Crippen LogP contribution in [-0.4, -0.2) is 30.3 Å². The number of nitrogens with one attached hydrogen (secondary N) is 2. The number of halogens is 1. The molecule has 7 heteroatoms. The number of amides is 2. The highest BCUT2D eigenvalue weighted by Crippen LogP contribution is 2.21. The number of benzene rings is 1. The number of rotatable bonds is 6. The number of methoxy groups -OCH3 is 1. The fourth-order valence-corrected chi connectivity index (χ4v) is 1.71. The van der Waals surface area contributed by atoms with Gasteiger partial charge in [-0.1, -0.05) is 20.3 Å². The van der Waals surface area contributed by atoms with Crippen molar-refractivity contribution >= 4 is 17.7 Å². The molecule has 2 unspecified atom stereocenters. The predicted octanol–water partition coefficient (Wildman–Crippen LogP) is 2.46. The highest BCUT2D eigenvalue weighted by atomic mass is 19.1. The molecule has 2 atom stereocenters. The van der Waals surface area contributed by atoms with Gasteiger partial charge in [-0.25, -0.2) is 14.0 Å². The van der Waals surface area contributed by atoms with Crippen molar-refractivity contribution in [1.82, 2.24) is 5.32 Å². The van der Waals surface area contributed by atoms with Crippen LogP contribution in [0.15, 0.2) is 18.2 Å². The van der Waals surface area contributed by atoms with Crippen LogP contribution in [0.25, 0.3) is 0 Å². The number of carboxylic acid groups (broad SMARTS) is 1. The summed E-state index contributed by atoms with van der Waals surface area (Å²) in [5.41, 5.74) is -0.0832. The third-order valence-corrected chi connectivity index (χ3v) is 3.19. The van der Waals surface area contributed by atoms with E-state index < -0.39 is 23.9 Å². The van der Waals surface area contributed by atoms with Gasteiger partial charge in [0.2, 0.25) is 0 Å². The zero-order chi connectivity index (χ0) is 16.0. The van der Waals surface area contributed by atoms with Gasteiger partial charge in [-0.15, -0.1) is 0 Å². The first-order chi connectivity index (χ1) is 9.88. The fraction of sp³-hybridized carbons (Fsp3) is 0.429. The molecule has 1 rings (SSSR count). The van der Waals surface area contributed by atoms with E-state index in [-0.39, 0.29) is 11.6 Å². The molecule has 0 fully saturated rings. The number of aliphatic carboxylic acids is 1. The minimum Gasteiger partial charge on any atom is -0.497 e. The summed E-state index contributed by atoms with van der Waals surface area (Å²) >= 11 is 0. The molecule has 0 aliphatic carbocycles. The molecule has 0 spiro atoms. The van der Waals surface area contributed by atoms with E-state index in [0.717, 1.165) is 6.07 Å². The van der Waals surface area contributed by atoms with Gasteiger partial charge < -0.3 is 20.5 Å². The Labute approximate surface area is 122 Å². The van der Waals surface area contributed by atoms with Crippen molar-refractivity contribution in [1.29, 1.82) is 0 Å². The smallest absolute Gasteiger partial charge is 0.326 e. The van der Waals surface area contributed by atoms with Crippen LogP contribution >= 0.6 is 0 Å². The van der Waals surface area contributed by atoms with Crippen LogP contribution in [0, 0.1) is 11.7 Å². The molecule has 0 radical (unpaired) electrons. The Balaban J connectivity index is 2.79. The summed E-state index contributed by atoms with van der Waals surface area (Å²) in [4.78, 5) is 22.9. The van der Waals surface area contributed by atoms with Crippen molar-refractivity contribution in [3.8, 4) is 5.75 Å². The topological polar surface area (TPSA) is 87.7 Å². The Hall–Kier alpha value is -2.31. The van der Waals surface area contributed by atoms with E-state index in [9.17, 15) is 14.0 Å².